The van der Waals surface area contributed by atoms with Gasteiger partial charge in [-0.2, -0.15) is 0 Å². The van der Waals surface area contributed by atoms with Gasteiger partial charge in [0.1, 0.15) is 5.75 Å². The van der Waals surface area contributed by atoms with Gasteiger partial charge >= 0.3 is 0 Å². The minimum Gasteiger partial charge on any atom is -0.545 e. The number of rotatable bonds is 5. The third kappa shape index (κ3) is 3.96. The SMILES string of the molecule is COc1ccc(/C=C/C(=O)Nc2ccccc2C(=O)[O-])cc1. The van der Waals surface area contributed by atoms with E-state index in [2.05, 4.69) is 5.32 Å². The van der Waals surface area contributed by atoms with Crippen LogP contribution in [0.3, 0.4) is 0 Å². The predicted molar refractivity (Wildman–Crippen MR) is 81.4 cm³/mol. The summed E-state index contributed by atoms with van der Waals surface area (Å²) in [5, 5.41) is 13.5. The maximum absolute atomic E-state index is 11.8. The van der Waals surface area contributed by atoms with Crippen molar-refractivity contribution in [2.24, 2.45) is 0 Å². The average molecular weight is 296 g/mol. The van der Waals surface area contributed by atoms with E-state index >= 15 is 0 Å². The Morgan fingerprint density at radius 1 is 1.09 bits per heavy atom. The van der Waals surface area contributed by atoms with Gasteiger partial charge in [0.25, 0.3) is 0 Å². The van der Waals surface area contributed by atoms with Crippen molar-refractivity contribution in [2.45, 2.75) is 0 Å². The predicted octanol–water partition coefficient (Wildman–Crippen LogP) is 1.71. The van der Waals surface area contributed by atoms with Crippen LogP contribution < -0.4 is 15.2 Å². The van der Waals surface area contributed by atoms with Gasteiger partial charge in [-0.05, 0) is 29.8 Å². The molecule has 5 nitrogen and oxygen atoms in total. The molecular weight excluding hydrogens is 282 g/mol. The van der Waals surface area contributed by atoms with Crippen molar-refractivity contribution in [3.05, 3.63) is 65.7 Å². The second kappa shape index (κ2) is 7.08. The Morgan fingerprint density at radius 3 is 2.41 bits per heavy atom. The second-order valence-electron chi connectivity index (χ2n) is 4.43. The summed E-state index contributed by atoms with van der Waals surface area (Å²) in [5.74, 6) is -1.04. The Balaban J connectivity index is 2.06. The molecule has 5 heteroatoms. The average Bonchev–Trinajstić information content (AvgIpc) is 2.53. The highest BCUT2D eigenvalue weighted by atomic mass is 16.5. The molecule has 1 N–H and O–H groups in total. The normalized spacial score (nSPS) is 10.4. The quantitative estimate of drug-likeness (QED) is 0.852. The first-order valence-corrected chi connectivity index (χ1v) is 6.53. The minimum atomic E-state index is -1.34. The van der Waals surface area contributed by atoms with Crippen molar-refractivity contribution in [1.29, 1.82) is 0 Å². The van der Waals surface area contributed by atoms with Gasteiger partial charge in [0.2, 0.25) is 5.91 Å². The van der Waals surface area contributed by atoms with Crippen LogP contribution in [0.25, 0.3) is 6.08 Å². The minimum absolute atomic E-state index is 0.0614. The fraction of sp³-hybridized carbons (Fsp3) is 0.0588. The largest absolute Gasteiger partial charge is 0.545 e. The zero-order chi connectivity index (χ0) is 15.9. The molecule has 2 aromatic rings. The molecule has 0 aliphatic heterocycles. The van der Waals surface area contributed by atoms with E-state index in [0.29, 0.717) is 0 Å². The Labute approximate surface area is 127 Å². The maximum Gasteiger partial charge on any atom is 0.248 e. The Kier molecular flexibility index (Phi) is 4.93. The summed E-state index contributed by atoms with van der Waals surface area (Å²) in [6.45, 7) is 0. The van der Waals surface area contributed by atoms with E-state index < -0.39 is 11.9 Å². The van der Waals surface area contributed by atoms with Crippen molar-refractivity contribution in [2.75, 3.05) is 12.4 Å². The molecule has 0 saturated carbocycles. The smallest absolute Gasteiger partial charge is 0.248 e. The monoisotopic (exact) mass is 296 g/mol. The van der Waals surface area contributed by atoms with Crippen molar-refractivity contribution < 1.29 is 19.4 Å². The lowest BCUT2D eigenvalue weighted by Gasteiger charge is -2.09. The van der Waals surface area contributed by atoms with E-state index in [1.54, 1.807) is 49.6 Å². The van der Waals surface area contributed by atoms with Gasteiger partial charge in [0.15, 0.2) is 0 Å². The Morgan fingerprint density at radius 2 is 1.77 bits per heavy atom. The van der Waals surface area contributed by atoms with Gasteiger partial charge in [-0.1, -0.05) is 30.3 Å². The van der Waals surface area contributed by atoms with Gasteiger partial charge < -0.3 is 20.0 Å². The van der Waals surface area contributed by atoms with Crippen LogP contribution >= 0.6 is 0 Å². The topological polar surface area (TPSA) is 78.5 Å². The third-order valence-corrected chi connectivity index (χ3v) is 2.95. The molecule has 22 heavy (non-hydrogen) atoms. The first kappa shape index (κ1) is 15.3. The lowest BCUT2D eigenvalue weighted by molar-refractivity contribution is -0.254. The molecule has 0 bridgehead atoms. The van der Waals surface area contributed by atoms with Crippen molar-refractivity contribution in [1.82, 2.24) is 0 Å². The fourth-order valence-electron chi connectivity index (χ4n) is 1.83. The molecule has 1 amide bonds. The summed E-state index contributed by atoms with van der Waals surface area (Å²) >= 11 is 0. The van der Waals surface area contributed by atoms with Gasteiger partial charge in [-0.25, -0.2) is 0 Å². The number of para-hydroxylation sites is 1. The number of nitrogens with one attached hydrogen (secondary N) is 1. The van der Waals surface area contributed by atoms with Crippen LogP contribution in [0.2, 0.25) is 0 Å². The van der Waals surface area contributed by atoms with Crippen LogP contribution in [0.15, 0.2) is 54.6 Å². The van der Waals surface area contributed by atoms with E-state index in [-0.39, 0.29) is 11.3 Å². The number of carbonyl (C=O) groups is 2. The zero-order valence-corrected chi connectivity index (χ0v) is 11.9. The van der Waals surface area contributed by atoms with Gasteiger partial charge in [-0.15, -0.1) is 0 Å². The lowest BCUT2D eigenvalue weighted by atomic mass is 10.1. The third-order valence-electron chi connectivity index (χ3n) is 2.95. The number of anilines is 1. The van der Waals surface area contributed by atoms with Crippen LogP contribution in [0.5, 0.6) is 5.75 Å². The molecular formula is C17H14NO4-. The first-order valence-electron chi connectivity index (χ1n) is 6.53. The van der Waals surface area contributed by atoms with Crippen LogP contribution in [-0.4, -0.2) is 19.0 Å². The molecule has 0 unspecified atom stereocenters. The molecule has 112 valence electrons. The van der Waals surface area contributed by atoms with Crippen LogP contribution in [0.4, 0.5) is 5.69 Å². The summed E-state index contributed by atoms with van der Waals surface area (Å²) in [6, 6.07) is 13.2. The number of carboxylic acids is 1. The molecule has 0 aliphatic rings. The van der Waals surface area contributed by atoms with Crippen LogP contribution in [-0.2, 0) is 4.79 Å². The van der Waals surface area contributed by atoms with E-state index in [1.807, 2.05) is 0 Å². The fourth-order valence-corrected chi connectivity index (χ4v) is 1.83. The number of carbonyl (C=O) groups excluding carboxylic acids is 2. The highest BCUT2D eigenvalue weighted by Crippen LogP contribution is 2.15. The van der Waals surface area contributed by atoms with Gasteiger partial charge in [0.05, 0.1) is 18.8 Å². The molecule has 0 aromatic heterocycles. The van der Waals surface area contributed by atoms with Crippen molar-refractivity contribution in [3.63, 3.8) is 0 Å². The van der Waals surface area contributed by atoms with E-state index in [0.717, 1.165) is 11.3 Å². The zero-order valence-electron chi connectivity index (χ0n) is 11.9. The number of methoxy groups -OCH3 is 1. The molecule has 0 atom stereocenters. The second-order valence-corrected chi connectivity index (χ2v) is 4.43. The lowest BCUT2D eigenvalue weighted by Crippen LogP contribution is -2.24. The van der Waals surface area contributed by atoms with Crippen molar-refractivity contribution in [3.8, 4) is 5.75 Å². The molecule has 2 rings (SSSR count). The number of aromatic carboxylic acids is 1. The number of ether oxygens (including phenoxy) is 1. The molecule has 0 heterocycles. The molecule has 2 aromatic carbocycles. The Bertz CT molecular complexity index is 705. The van der Waals surface area contributed by atoms with E-state index in [4.69, 9.17) is 4.74 Å². The van der Waals surface area contributed by atoms with E-state index in [9.17, 15) is 14.7 Å². The summed E-state index contributed by atoms with van der Waals surface area (Å²) in [4.78, 5) is 22.8. The van der Waals surface area contributed by atoms with Crippen LogP contribution in [0, 0.1) is 0 Å². The maximum atomic E-state index is 11.8. The molecule has 0 saturated heterocycles. The number of amides is 1. The molecule has 0 spiro atoms. The summed E-state index contributed by atoms with van der Waals surface area (Å²) in [7, 11) is 1.58. The van der Waals surface area contributed by atoms with Crippen molar-refractivity contribution >= 4 is 23.6 Å². The highest BCUT2D eigenvalue weighted by molar-refractivity contribution is 6.05. The van der Waals surface area contributed by atoms with Crippen LogP contribution in [0.1, 0.15) is 15.9 Å². The Hall–Kier alpha value is -3.08. The molecule has 0 fully saturated rings. The summed E-state index contributed by atoms with van der Waals surface area (Å²) in [5.41, 5.74) is 0.963. The number of hydrogen-bond donors (Lipinski definition) is 1. The standard InChI is InChI=1S/C17H15NO4/c1-22-13-9-6-12(7-10-13)8-11-16(19)18-15-5-3-2-4-14(15)17(20)21/h2-11H,1H3,(H,18,19)(H,20,21)/p-1/b11-8+. The van der Waals surface area contributed by atoms with Gasteiger partial charge in [0, 0.05) is 11.6 Å². The highest BCUT2D eigenvalue weighted by Gasteiger charge is 2.04. The number of hydrogen-bond acceptors (Lipinski definition) is 4. The summed E-state index contributed by atoms with van der Waals surface area (Å²) in [6.07, 6.45) is 2.95. The molecule has 0 radical (unpaired) electrons. The summed E-state index contributed by atoms with van der Waals surface area (Å²) < 4.78 is 5.04. The molecule has 0 aliphatic carbocycles. The first-order chi connectivity index (χ1) is 10.6. The number of benzene rings is 2. The number of carboxylic acid groups (broad SMARTS) is 1. The van der Waals surface area contributed by atoms with E-state index in [1.165, 1.54) is 18.2 Å². The van der Waals surface area contributed by atoms with Gasteiger partial charge in [-0.3, -0.25) is 4.79 Å².